The highest BCUT2D eigenvalue weighted by atomic mass is 32.1. The first-order valence-corrected chi connectivity index (χ1v) is 6.81. The summed E-state index contributed by atoms with van der Waals surface area (Å²) in [4.78, 5) is 34.4. The molecule has 2 aromatic rings. The van der Waals surface area contributed by atoms with Crippen molar-refractivity contribution < 1.29 is 14.5 Å². The summed E-state index contributed by atoms with van der Waals surface area (Å²) in [6.07, 6.45) is 0. The molecule has 1 aromatic heterocycles. The highest BCUT2D eigenvalue weighted by Gasteiger charge is 2.19. The van der Waals surface area contributed by atoms with Gasteiger partial charge in [0.25, 0.3) is 5.69 Å². The molecule has 0 aliphatic heterocycles. The molecule has 0 aliphatic rings. The van der Waals surface area contributed by atoms with Gasteiger partial charge >= 0.3 is 11.8 Å². The zero-order chi connectivity index (χ0) is 15.2. The summed E-state index contributed by atoms with van der Waals surface area (Å²) in [6.45, 7) is 0.237. The minimum atomic E-state index is -0.944. The second kappa shape index (κ2) is 6.62. The van der Waals surface area contributed by atoms with Crippen LogP contribution in [0.15, 0.2) is 41.8 Å². The minimum absolute atomic E-state index is 0.0150. The van der Waals surface area contributed by atoms with Crippen LogP contribution in [0, 0.1) is 10.1 Å². The van der Waals surface area contributed by atoms with Crippen LogP contribution in [0.5, 0.6) is 0 Å². The quantitative estimate of drug-likeness (QED) is 0.512. The molecule has 1 heterocycles. The molecule has 0 radical (unpaired) electrons. The van der Waals surface area contributed by atoms with Gasteiger partial charge in [0, 0.05) is 10.9 Å². The van der Waals surface area contributed by atoms with E-state index in [9.17, 15) is 19.7 Å². The predicted octanol–water partition coefficient (Wildman–Crippen LogP) is 1.91. The van der Waals surface area contributed by atoms with E-state index in [1.54, 1.807) is 0 Å². The number of benzene rings is 1. The van der Waals surface area contributed by atoms with E-state index in [4.69, 9.17) is 0 Å². The third kappa shape index (κ3) is 3.86. The Morgan fingerprint density at radius 3 is 2.57 bits per heavy atom. The molecular formula is C13H11N3O4S. The molecule has 2 N–H and O–H groups in total. The zero-order valence-corrected chi connectivity index (χ0v) is 11.6. The molecule has 21 heavy (non-hydrogen) atoms. The van der Waals surface area contributed by atoms with Crippen molar-refractivity contribution in [1.82, 2.24) is 5.32 Å². The molecule has 0 bridgehead atoms. The first-order chi connectivity index (χ1) is 10.1. The van der Waals surface area contributed by atoms with Crippen molar-refractivity contribution in [1.29, 1.82) is 0 Å². The predicted molar refractivity (Wildman–Crippen MR) is 77.9 cm³/mol. The number of rotatable bonds is 4. The summed E-state index contributed by atoms with van der Waals surface area (Å²) in [6, 6.07) is 9.28. The topological polar surface area (TPSA) is 101 Å². The van der Waals surface area contributed by atoms with Crippen molar-refractivity contribution in [2.45, 2.75) is 6.54 Å². The van der Waals surface area contributed by atoms with E-state index in [0.29, 0.717) is 0 Å². The molecule has 0 saturated heterocycles. The van der Waals surface area contributed by atoms with Crippen molar-refractivity contribution in [3.63, 3.8) is 0 Å². The average Bonchev–Trinajstić information content (AvgIpc) is 2.98. The minimum Gasteiger partial charge on any atom is -0.343 e. The van der Waals surface area contributed by atoms with Crippen LogP contribution in [-0.4, -0.2) is 16.7 Å². The second-order valence-corrected chi connectivity index (χ2v) is 5.02. The number of nitrogens with one attached hydrogen (secondary N) is 2. The van der Waals surface area contributed by atoms with Crippen LogP contribution in [0.2, 0.25) is 0 Å². The lowest BCUT2D eigenvalue weighted by atomic mass is 10.2. The number of thiophene rings is 1. The van der Waals surface area contributed by atoms with Gasteiger partial charge < -0.3 is 10.6 Å². The van der Waals surface area contributed by atoms with Crippen LogP contribution in [0.4, 0.5) is 11.4 Å². The number of nitro benzene ring substituents is 1. The third-order valence-corrected chi connectivity index (χ3v) is 3.43. The summed E-state index contributed by atoms with van der Waals surface area (Å²) in [5.41, 5.74) is -0.282. The van der Waals surface area contributed by atoms with E-state index < -0.39 is 16.7 Å². The number of nitro groups is 1. The second-order valence-electron chi connectivity index (χ2n) is 3.99. The molecule has 8 heteroatoms. The molecule has 1 aromatic carbocycles. The standard InChI is InChI=1S/C13H11N3O4S/c17-12(14-8-9-4-3-7-21-9)13(18)15-10-5-1-2-6-11(10)16(19)20/h1-7H,8H2,(H,14,17)(H,15,18). The van der Waals surface area contributed by atoms with E-state index >= 15 is 0 Å². The fourth-order valence-corrected chi connectivity index (χ4v) is 2.22. The molecule has 0 saturated carbocycles. The maximum Gasteiger partial charge on any atom is 0.313 e. The number of anilines is 1. The van der Waals surface area contributed by atoms with Crippen molar-refractivity contribution >= 4 is 34.5 Å². The van der Waals surface area contributed by atoms with Crippen molar-refractivity contribution in [2.75, 3.05) is 5.32 Å². The molecule has 2 amide bonds. The monoisotopic (exact) mass is 305 g/mol. The molecule has 7 nitrogen and oxygen atoms in total. The summed E-state index contributed by atoms with van der Waals surface area (Å²) in [5, 5.41) is 17.3. The maximum absolute atomic E-state index is 11.7. The normalized spacial score (nSPS) is 9.90. The lowest BCUT2D eigenvalue weighted by Crippen LogP contribution is -2.34. The van der Waals surface area contributed by atoms with Crippen LogP contribution in [0.25, 0.3) is 0 Å². The van der Waals surface area contributed by atoms with Gasteiger partial charge in [-0.3, -0.25) is 19.7 Å². The van der Waals surface area contributed by atoms with E-state index in [0.717, 1.165) is 4.88 Å². The van der Waals surface area contributed by atoms with Crippen LogP contribution >= 0.6 is 11.3 Å². The number of nitrogens with zero attached hydrogens (tertiary/aromatic N) is 1. The molecule has 0 spiro atoms. The Bertz CT molecular complexity index is 670. The van der Waals surface area contributed by atoms with Gasteiger partial charge in [-0.15, -0.1) is 11.3 Å². The van der Waals surface area contributed by atoms with Crippen molar-refractivity contribution in [3.8, 4) is 0 Å². The van der Waals surface area contributed by atoms with Gasteiger partial charge in [0.05, 0.1) is 11.5 Å². The Morgan fingerprint density at radius 2 is 1.90 bits per heavy atom. The average molecular weight is 305 g/mol. The molecule has 2 rings (SSSR count). The van der Waals surface area contributed by atoms with E-state index in [1.165, 1.54) is 35.6 Å². The largest absolute Gasteiger partial charge is 0.343 e. The van der Waals surface area contributed by atoms with Gasteiger partial charge in [0.15, 0.2) is 0 Å². The Hall–Kier alpha value is -2.74. The molecule has 0 unspecified atom stereocenters. The molecule has 0 atom stereocenters. The van der Waals surface area contributed by atoms with E-state index in [2.05, 4.69) is 10.6 Å². The smallest absolute Gasteiger partial charge is 0.313 e. The molecule has 0 fully saturated rings. The lowest BCUT2D eigenvalue weighted by molar-refractivity contribution is -0.383. The fourth-order valence-electron chi connectivity index (χ4n) is 1.58. The number of carbonyl (C=O) groups excluding carboxylic acids is 2. The highest BCUT2D eigenvalue weighted by Crippen LogP contribution is 2.22. The number of para-hydroxylation sites is 2. The van der Waals surface area contributed by atoms with Gasteiger partial charge in [-0.1, -0.05) is 18.2 Å². The summed E-state index contributed by atoms with van der Waals surface area (Å²) >= 11 is 1.45. The van der Waals surface area contributed by atoms with Crippen molar-refractivity contribution in [2.24, 2.45) is 0 Å². The van der Waals surface area contributed by atoms with Gasteiger partial charge in [0.2, 0.25) is 0 Å². The fraction of sp³-hybridized carbons (Fsp3) is 0.0769. The Labute approximate surface area is 123 Å². The van der Waals surface area contributed by atoms with Gasteiger partial charge in [-0.05, 0) is 17.5 Å². The maximum atomic E-state index is 11.7. The summed E-state index contributed by atoms with van der Waals surface area (Å²) < 4.78 is 0. The highest BCUT2D eigenvalue weighted by molar-refractivity contribution is 7.09. The Balaban J connectivity index is 1.98. The number of amides is 2. The van der Waals surface area contributed by atoms with E-state index in [1.807, 2.05) is 17.5 Å². The zero-order valence-electron chi connectivity index (χ0n) is 10.7. The molecular weight excluding hydrogens is 294 g/mol. The van der Waals surface area contributed by atoms with Gasteiger partial charge in [-0.25, -0.2) is 0 Å². The molecule has 108 valence electrons. The first-order valence-electron chi connectivity index (χ1n) is 5.93. The summed E-state index contributed by atoms with van der Waals surface area (Å²) in [5.74, 6) is -1.79. The Morgan fingerprint density at radius 1 is 1.14 bits per heavy atom. The lowest BCUT2D eigenvalue weighted by Gasteiger charge is -2.06. The van der Waals surface area contributed by atoms with Gasteiger partial charge in [-0.2, -0.15) is 0 Å². The Kier molecular flexibility index (Phi) is 4.62. The van der Waals surface area contributed by atoms with Crippen LogP contribution < -0.4 is 10.6 Å². The number of hydrogen-bond donors (Lipinski definition) is 2. The van der Waals surface area contributed by atoms with Crippen LogP contribution in [-0.2, 0) is 16.1 Å². The first kappa shape index (κ1) is 14.7. The van der Waals surface area contributed by atoms with Crippen molar-refractivity contribution in [3.05, 3.63) is 56.8 Å². The van der Waals surface area contributed by atoms with E-state index in [-0.39, 0.29) is 17.9 Å². The van der Waals surface area contributed by atoms with Gasteiger partial charge in [0.1, 0.15) is 5.69 Å². The third-order valence-electron chi connectivity index (χ3n) is 2.56. The number of carbonyl (C=O) groups is 2. The van der Waals surface area contributed by atoms with Crippen LogP contribution in [0.1, 0.15) is 4.88 Å². The van der Waals surface area contributed by atoms with Crippen LogP contribution in [0.3, 0.4) is 0 Å². The number of hydrogen-bond acceptors (Lipinski definition) is 5. The summed E-state index contributed by atoms with van der Waals surface area (Å²) in [7, 11) is 0. The molecule has 0 aliphatic carbocycles. The SMILES string of the molecule is O=C(NCc1cccs1)C(=O)Nc1ccccc1[N+](=O)[O-].